The lowest BCUT2D eigenvalue weighted by Gasteiger charge is -2.06. The predicted molar refractivity (Wildman–Crippen MR) is 83.0 cm³/mol. The zero-order chi connectivity index (χ0) is 17.5. The average molecular weight is 325 g/mol. The van der Waals surface area contributed by atoms with Gasteiger partial charge in [-0.25, -0.2) is 14.0 Å². The number of carbonyl (C=O) groups excluding carboxylic acids is 2. The molecule has 0 heterocycles. The molecular formula is C18H12FNO4. The molecular weight excluding hydrogens is 313 g/mol. The van der Waals surface area contributed by atoms with Crippen LogP contribution in [0.5, 0.6) is 11.5 Å². The van der Waals surface area contributed by atoms with E-state index in [0.29, 0.717) is 0 Å². The Kier molecular flexibility index (Phi) is 5.42. The number of hydrogen-bond donors (Lipinski definition) is 0. The fourth-order valence-electron chi connectivity index (χ4n) is 1.76. The quantitative estimate of drug-likeness (QED) is 0.489. The Labute approximate surface area is 137 Å². The third-order valence-electron chi connectivity index (χ3n) is 2.88. The molecule has 0 unspecified atom stereocenters. The van der Waals surface area contributed by atoms with Crippen LogP contribution in [-0.4, -0.2) is 11.9 Å². The molecule has 2 rings (SSSR count). The monoisotopic (exact) mass is 325 g/mol. The Morgan fingerprint density at radius 2 is 1.75 bits per heavy atom. The smallest absolute Gasteiger partial charge is 0.343 e. The Morgan fingerprint density at radius 3 is 2.33 bits per heavy atom. The van der Waals surface area contributed by atoms with Crippen LogP contribution in [0.4, 0.5) is 4.39 Å². The molecule has 24 heavy (non-hydrogen) atoms. The molecule has 120 valence electrons. The van der Waals surface area contributed by atoms with Gasteiger partial charge in [-0.2, -0.15) is 5.26 Å². The summed E-state index contributed by atoms with van der Waals surface area (Å²) in [5.74, 6) is -1.74. The highest BCUT2D eigenvalue weighted by molar-refractivity contribution is 5.91. The van der Waals surface area contributed by atoms with Crippen LogP contribution in [0.15, 0.2) is 54.6 Å². The van der Waals surface area contributed by atoms with E-state index in [9.17, 15) is 14.0 Å². The molecule has 2 aromatic carbocycles. The van der Waals surface area contributed by atoms with Crippen LogP contribution in [0.1, 0.15) is 22.8 Å². The summed E-state index contributed by atoms with van der Waals surface area (Å²) >= 11 is 0. The van der Waals surface area contributed by atoms with E-state index in [2.05, 4.69) is 0 Å². The molecule has 6 heteroatoms. The molecule has 2 aromatic rings. The van der Waals surface area contributed by atoms with E-state index in [-0.39, 0.29) is 22.6 Å². The fraction of sp³-hybridized carbons (Fsp3) is 0.0556. The third kappa shape index (κ3) is 4.27. The van der Waals surface area contributed by atoms with Crippen molar-refractivity contribution in [2.24, 2.45) is 0 Å². The Morgan fingerprint density at radius 1 is 1.08 bits per heavy atom. The first-order chi connectivity index (χ1) is 11.5. The van der Waals surface area contributed by atoms with Crippen molar-refractivity contribution in [1.82, 2.24) is 0 Å². The second kappa shape index (κ2) is 7.70. The molecule has 0 radical (unpaired) electrons. The summed E-state index contributed by atoms with van der Waals surface area (Å²) in [7, 11) is 0. The van der Waals surface area contributed by atoms with Gasteiger partial charge in [0.2, 0.25) is 0 Å². The van der Waals surface area contributed by atoms with Crippen molar-refractivity contribution in [1.29, 1.82) is 5.26 Å². The molecule has 0 saturated carbocycles. The predicted octanol–water partition coefficient (Wildman–Crippen LogP) is 3.40. The van der Waals surface area contributed by atoms with Crippen LogP contribution >= 0.6 is 0 Å². The standard InChI is InChI=1S/C18H12FNO4/c1-2-3-17(21)23-14-7-4-12(5-8-14)18(22)24-15-9-6-13(11-20)16(19)10-15/h2-10H,1H3/b3-2+. The number of hydrogen-bond acceptors (Lipinski definition) is 5. The zero-order valence-electron chi connectivity index (χ0n) is 12.7. The van der Waals surface area contributed by atoms with E-state index in [4.69, 9.17) is 14.7 Å². The summed E-state index contributed by atoms with van der Waals surface area (Å²) in [5.41, 5.74) is 0.0627. The van der Waals surface area contributed by atoms with Crippen LogP contribution in [0.3, 0.4) is 0 Å². The normalized spacial score (nSPS) is 10.2. The SMILES string of the molecule is C/C=C/C(=O)Oc1ccc(C(=O)Oc2ccc(C#N)c(F)c2)cc1. The van der Waals surface area contributed by atoms with Crippen LogP contribution in [0.25, 0.3) is 0 Å². The Balaban J connectivity index is 2.06. The number of nitriles is 1. The number of halogens is 1. The van der Waals surface area contributed by atoms with Crippen molar-refractivity contribution in [2.45, 2.75) is 6.92 Å². The third-order valence-corrected chi connectivity index (χ3v) is 2.88. The van der Waals surface area contributed by atoms with Crippen molar-refractivity contribution < 1.29 is 23.5 Å². The fourth-order valence-corrected chi connectivity index (χ4v) is 1.76. The lowest BCUT2D eigenvalue weighted by Crippen LogP contribution is -2.09. The molecule has 0 aliphatic carbocycles. The van der Waals surface area contributed by atoms with Crippen molar-refractivity contribution in [3.8, 4) is 17.6 Å². The summed E-state index contributed by atoms with van der Waals surface area (Å²) in [4.78, 5) is 23.3. The van der Waals surface area contributed by atoms with Crippen LogP contribution in [-0.2, 0) is 4.79 Å². The minimum absolute atomic E-state index is 0.0138. The number of benzene rings is 2. The van der Waals surface area contributed by atoms with E-state index in [1.54, 1.807) is 19.1 Å². The largest absolute Gasteiger partial charge is 0.423 e. The average Bonchev–Trinajstić information content (AvgIpc) is 2.56. The number of carbonyl (C=O) groups is 2. The summed E-state index contributed by atoms with van der Waals surface area (Å²) in [6.07, 6.45) is 2.81. The lowest BCUT2D eigenvalue weighted by atomic mass is 10.2. The maximum absolute atomic E-state index is 13.5. The maximum Gasteiger partial charge on any atom is 0.343 e. The van der Waals surface area contributed by atoms with Gasteiger partial charge in [0.05, 0.1) is 11.1 Å². The molecule has 0 aromatic heterocycles. The Hall–Kier alpha value is -3.46. The van der Waals surface area contributed by atoms with Crippen LogP contribution in [0.2, 0.25) is 0 Å². The van der Waals surface area contributed by atoms with E-state index in [0.717, 1.165) is 6.07 Å². The minimum Gasteiger partial charge on any atom is -0.423 e. The molecule has 0 fully saturated rings. The molecule has 0 spiro atoms. The molecule has 0 aliphatic heterocycles. The number of ether oxygens (including phenoxy) is 2. The summed E-state index contributed by atoms with van der Waals surface area (Å²) in [6, 6.07) is 10.9. The van der Waals surface area contributed by atoms with Gasteiger partial charge in [-0.05, 0) is 43.3 Å². The lowest BCUT2D eigenvalue weighted by molar-refractivity contribution is -0.129. The van der Waals surface area contributed by atoms with E-state index in [1.807, 2.05) is 0 Å². The highest BCUT2D eigenvalue weighted by atomic mass is 19.1. The number of rotatable bonds is 4. The summed E-state index contributed by atoms with van der Waals surface area (Å²) < 4.78 is 23.5. The topological polar surface area (TPSA) is 76.4 Å². The number of esters is 2. The van der Waals surface area contributed by atoms with E-state index in [1.165, 1.54) is 42.5 Å². The summed E-state index contributed by atoms with van der Waals surface area (Å²) in [6.45, 7) is 1.69. The van der Waals surface area contributed by atoms with Gasteiger partial charge in [0.1, 0.15) is 23.4 Å². The van der Waals surface area contributed by atoms with Gasteiger partial charge >= 0.3 is 11.9 Å². The van der Waals surface area contributed by atoms with Gasteiger partial charge in [0.15, 0.2) is 0 Å². The van der Waals surface area contributed by atoms with Gasteiger partial charge in [-0.3, -0.25) is 0 Å². The second-order valence-electron chi connectivity index (χ2n) is 4.59. The van der Waals surface area contributed by atoms with Crippen molar-refractivity contribution in [3.63, 3.8) is 0 Å². The van der Waals surface area contributed by atoms with E-state index >= 15 is 0 Å². The molecule has 0 bridgehead atoms. The van der Waals surface area contributed by atoms with Gasteiger partial charge in [-0.15, -0.1) is 0 Å². The van der Waals surface area contributed by atoms with Gasteiger partial charge in [0.25, 0.3) is 0 Å². The summed E-state index contributed by atoms with van der Waals surface area (Å²) in [5, 5.41) is 8.65. The zero-order valence-corrected chi connectivity index (χ0v) is 12.7. The highest BCUT2D eigenvalue weighted by Gasteiger charge is 2.11. The van der Waals surface area contributed by atoms with Crippen molar-refractivity contribution in [2.75, 3.05) is 0 Å². The van der Waals surface area contributed by atoms with Crippen molar-refractivity contribution in [3.05, 3.63) is 71.6 Å². The van der Waals surface area contributed by atoms with Crippen LogP contribution in [0, 0.1) is 17.1 Å². The molecule has 5 nitrogen and oxygen atoms in total. The molecule has 0 N–H and O–H groups in total. The van der Waals surface area contributed by atoms with Crippen molar-refractivity contribution >= 4 is 11.9 Å². The van der Waals surface area contributed by atoms with E-state index < -0.39 is 17.8 Å². The maximum atomic E-state index is 13.5. The first-order valence-corrected chi connectivity index (χ1v) is 6.90. The first kappa shape index (κ1) is 16.9. The van der Waals surface area contributed by atoms with Gasteiger partial charge in [-0.1, -0.05) is 6.08 Å². The number of allylic oxidation sites excluding steroid dienone is 1. The Bertz CT molecular complexity index is 835. The number of nitrogens with zero attached hydrogens (tertiary/aromatic N) is 1. The molecule has 0 atom stereocenters. The minimum atomic E-state index is -0.769. The van der Waals surface area contributed by atoms with Crippen LogP contribution < -0.4 is 9.47 Å². The van der Waals surface area contributed by atoms with Gasteiger partial charge in [0, 0.05) is 12.1 Å². The molecule has 0 saturated heterocycles. The highest BCUT2D eigenvalue weighted by Crippen LogP contribution is 2.19. The van der Waals surface area contributed by atoms with Gasteiger partial charge < -0.3 is 9.47 Å². The first-order valence-electron chi connectivity index (χ1n) is 6.90. The second-order valence-corrected chi connectivity index (χ2v) is 4.59. The molecule has 0 aliphatic rings. The molecule has 0 amide bonds.